The molecule has 0 heterocycles. The molecule has 0 fully saturated rings. The molecule has 1 aromatic rings. The minimum Gasteiger partial charge on any atom is -0.479 e. The third kappa shape index (κ3) is 4.05. The summed E-state index contributed by atoms with van der Waals surface area (Å²) in [6, 6.07) is 7.15. The summed E-state index contributed by atoms with van der Waals surface area (Å²) >= 11 is 1.46. The van der Waals surface area contributed by atoms with Crippen LogP contribution in [0.1, 0.15) is 16.8 Å². The summed E-state index contributed by atoms with van der Waals surface area (Å²) in [5, 5.41) is 20.1. The molecular weight excluding hydrogens is 254 g/mol. The van der Waals surface area contributed by atoms with Gasteiger partial charge >= 0.3 is 5.97 Å². The van der Waals surface area contributed by atoms with Gasteiger partial charge in [0.2, 0.25) is 0 Å². The molecule has 1 aromatic carbocycles. The third-order valence-corrected chi connectivity index (χ3v) is 3.14. The van der Waals surface area contributed by atoms with Crippen LogP contribution in [0.4, 0.5) is 0 Å². The molecule has 98 valence electrons. The first-order valence-electron chi connectivity index (χ1n) is 5.38. The van der Waals surface area contributed by atoms with Crippen molar-refractivity contribution in [3.63, 3.8) is 0 Å². The lowest BCUT2D eigenvalue weighted by atomic mass is 10.2. The van der Waals surface area contributed by atoms with Crippen LogP contribution in [0, 0.1) is 0 Å². The van der Waals surface area contributed by atoms with Crippen LogP contribution in [0.2, 0.25) is 0 Å². The van der Waals surface area contributed by atoms with Crippen molar-refractivity contribution in [3.8, 4) is 0 Å². The van der Waals surface area contributed by atoms with E-state index in [1.165, 1.54) is 11.8 Å². The highest BCUT2D eigenvalue weighted by Crippen LogP contribution is 2.19. The van der Waals surface area contributed by atoms with Crippen molar-refractivity contribution in [2.45, 2.75) is 17.4 Å². The van der Waals surface area contributed by atoms with Crippen molar-refractivity contribution in [2.24, 2.45) is 0 Å². The number of carbonyl (C=O) groups excluding carboxylic acids is 1. The Bertz CT molecular complexity index is 436. The number of carboxylic acid groups (broad SMARTS) is 1. The van der Waals surface area contributed by atoms with Gasteiger partial charge in [-0.15, -0.1) is 11.8 Å². The van der Waals surface area contributed by atoms with Crippen molar-refractivity contribution in [1.29, 1.82) is 0 Å². The van der Waals surface area contributed by atoms with Crippen LogP contribution in [0.15, 0.2) is 29.2 Å². The molecule has 0 saturated heterocycles. The Morgan fingerprint density at radius 2 is 2.06 bits per heavy atom. The number of carbonyl (C=O) groups is 2. The number of hydrogen-bond donors (Lipinski definition) is 3. The molecule has 0 radical (unpaired) electrons. The number of aliphatic hydroxyl groups is 1. The SMILES string of the molecule is CSc1ccccc1C(=O)NCC[C@H](O)C(=O)O. The summed E-state index contributed by atoms with van der Waals surface area (Å²) in [6.07, 6.45) is 0.420. The Balaban J connectivity index is 2.53. The van der Waals surface area contributed by atoms with Gasteiger partial charge in [-0.25, -0.2) is 4.79 Å². The summed E-state index contributed by atoms with van der Waals surface area (Å²) in [6.45, 7) is 0.120. The Morgan fingerprint density at radius 1 is 1.39 bits per heavy atom. The molecule has 0 aliphatic carbocycles. The number of aliphatic carboxylic acids is 1. The molecule has 6 heteroatoms. The molecule has 5 nitrogen and oxygen atoms in total. The quantitative estimate of drug-likeness (QED) is 0.670. The van der Waals surface area contributed by atoms with Gasteiger partial charge < -0.3 is 15.5 Å². The third-order valence-electron chi connectivity index (χ3n) is 2.34. The van der Waals surface area contributed by atoms with Crippen molar-refractivity contribution in [2.75, 3.05) is 12.8 Å². The maximum Gasteiger partial charge on any atom is 0.332 e. The highest BCUT2D eigenvalue weighted by molar-refractivity contribution is 7.98. The summed E-state index contributed by atoms with van der Waals surface area (Å²) in [4.78, 5) is 23.1. The molecule has 3 N–H and O–H groups in total. The number of benzene rings is 1. The molecule has 0 unspecified atom stereocenters. The van der Waals surface area contributed by atoms with E-state index in [-0.39, 0.29) is 18.9 Å². The predicted octanol–water partition coefficient (Wildman–Crippen LogP) is 0.974. The van der Waals surface area contributed by atoms with Crippen LogP contribution in [-0.4, -0.2) is 41.0 Å². The molecule has 1 rings (SSSR count). The minimum absolute atomic E-state index is 0.0114. The molecule has 0 aliphatic rings. The zero-order valence-corrected chi connectivity index (χ0v) is 10.7. The lowest BCUT2D eigenvalue weighted by Gasteiger charge is -2.09. The maximum absolute atomic E-state index is 11.8. The predicted molar refractivity (Wildman–Crippen MR) is 68.8 cm³/mol. The van der Waals surface area contributed by atoms with Crippen molar-refractivity contribution in [3.05, 3.63) is 29.8 Å². The highest BCUT2D eigenvalue weighted by atomic mass is 32.2. The number of hydrogen-bond acceptors (Lipinski definition) is 4. The summed E-state index contributed by atoms with van der Waals surface area (Å²) < 4.78 is 0. The molecular formula is C12H15NO4S. The molecule has 0 aromatic heterocycles. The van der Waals surface area contributed by atoms with Crippen LogP contribution in [0.3, 0.4) is 0 Å². The topological polar surface area (TPSA) is 86.6 Å². The van der Waals surface area contributed by atoms with Gasteiger partial charge in [-0.2, -0.15) is 0 Å². The largest absolute Gasteiger partial charge is 0.479 e. The van der Waals surface area contributed by atoms with Crippen molar-refractivity contribution in [1.82, 2.24) is 5.32 Å². The summed E-state index contributed by atoms with van der Waals surface area (Å²) in [7, 11) is 0. The van der Waals surface area contributed by atoms with Crippen LogP contribution in [0.5, 0.6) is 0 Å². The van der Waals surface area contributed by atoms with E-state index < -0.39 is 12.1 Å². The standard InChI is InChI=1S/C12H15NO4S/c1-18-10-5-3-2-4-8(10)11(15)13-7-6-9(14)12(16)17/h2-5,9,14H,6-7H2,1H3,(H,13,15)(H,16,17)/t9-/m0/s1. The monoisotopic (exact) mass is 269 g/mol. The average molecular weight is 269 g/mol. The van der Waals surface area contributed by atoms with Gasteiger partial charge in [-0.05, 0) is 18.4 Å². The second-order valence-electron chi connectivity index (χ2n) is 3.60. The number of rotatable bonds is 6. The first kappa shape index (κ1) is 14.5. The fraction of sp³-hybridized carbons (Fsp3) is 0.333. The molecule has 0 bridgehead atoms. The molecule has 0 aliphatic heterocycles. The van der Waals surface area contributed by atoms with E-state index in [1.807, 2.05) is 18.4 Å². The average Bonchev–Trinajstić information content (AvgIpc) is 2.38. The van der Waals surface area contributed by atoms with E-state index in [2.05, 4.69) is 5.32 Å². The Hall–Kier alpha value is -1.53. The normalized spacial score (nSPS) is 11.9. The van der Waals surface area contributed by atoms with Gasteiger partial charge in [0.1, 0.15) is 0 Å². The van der Waals surface area contributed by atoms with Crippen LogP contribution in [0.25, 0.3) is 0 Å². The van der Waals surface area contributed by atoms with E-state index in [4.69, 9.17) is 10.2 Å². The van der Waals surface area contributed by atoms with Gasteiger partial charge in [-0.1, -0.05) is 12.1 Å². The summed E-state index contributed by atoms with van der Waals surface area (Å²) in [5.74, 6) is -1.55. The highest BCUT2D eigenvalue weighted by Gasteiger charge is 2.14. The van der Waals surface area contributed by atoms with Gasteiger partial charge in [0.05, 0.1) is 5.56 Å². The van der Waals surface area contributed by atoms with Gasteiger partial charge in [-0.3, -0.25) is 4.79 Å². The number of carboxylic acids is 1. The zero-order valence-electron chi connectivity index (χ0n) is 9.92. The van der Waals surface area contributed by atoms with E-state index in [0.29, 0.717) is 5.56 Å². The van der Waals surface area contributed by atoms with E-state index in [1.54, 1.807) is 12.1 Å². The molecule has 1 atom stereocenters. The van der Waals surface area contributed by atoms with Crippen molar-refractivity contribution >= 4 is 23.6 Å². The summed E-state index contributed by atoms with van der Waals surface area (Å²) in [5.41, 5.74) is 0.551. The zero-order chi connectivity index (χ0) is 13.5. The molecule has 1 amide bonds. The fourth-order valence-electron chi connectivity index (χ4n) is 1.37. The maximum atomic E-state index is 11.8. The Morgan fingerprint density at radius 3 is 2.67 bits per heavy atom. The van der Waals surface area contributed by atoms with Gasteiger partial charge in [0.25, 0.3) is 5.91 Å². The van der Waals surface area contributed by atoms with Crippen LogP contribution in [-0.2, 0) is 4.79 Å². The number of aliphatic hydroxyl groups excluding tert-OH is 1. The minimum atomic E-state index is -1.44. The second kappa shape index (κ2) is 7.03. The van der Waals surface area contributed by atoms with Gasteiger partial charge in [0, 0.05) is 17.9 Å². The number of nitrogens with one attached hydrogen (secondary N) is 1. The Labute approximate surface area is 109 Å². The first-order valence-corrected chi connectivity index (χ1v) is 6.60. The van der Waals surface area contributed by atoms with E-state index >= 15 is 0 Å². The van der Waals surface area contributed by atoms with Crippen LogP contribution >= 0.6 is 11.8 Å². The first-order chi connectivity index (χ1) is 8.56. The van der Waals surface area contributed by atoms with E-state index in [0.717, 1.165) is 4.90 Å². The number of amides is 1. The molecule has 0 saturated carbocycles. The number of thioether (sulfide) groups is 1. The van der Waals surface area contributed by atoms with E-state index in [9.17, 15) is 9.59 Å². The molecule has 0 spiro atoms. The lowest BCUT2D eigenvalue weighted by molar-refractivity contribution is -0.146. The smallest absolute Gasteiger partial charge is 0.332 e. The molecule has 18 heavy (non-hydrogen) atoms. The second-order valence-corrected chi connectivity index (χ2v) is 4.45. The fourth-order valence-corrected chi connectivity index (χ4v) is 1.97. The lowest BCUT2D eigenvalue weighted by Crippen LogP contribution is -2.30. The Kier molecular flexibility index (Phi) is 5.67. The van der Waals surface area contributed by atoms with Crippen molar-refractivity contribution < 1.29 is 19.8 Å². The van der Waals surface area contributed by atoms with Gasteiger partial charge in [0.15, 0.2) is 6.10 Å². The van der Waals surface area contributed by atoms with Crippen LogP contribution < -0.4 is 5.32 Å².